The van der Waals surface area contributed by atoms with E-state index >= 15 is 0 Å². The number of nitrogens with zero attached hydrogens (tertiary/aromatic N) is 2. The minimum Gasteiger partial charge on any atom is -0.373 e. The number of hydrogen-bond acceptors (Lipinski definition) is 4. The van der Waals surface area contributed by atoms with Crippen molar-refractivity contribution in [3.8, 4) is 0 Å². The van der Waals surface area contributed by atoms with Gasteiger partial charge in [0.1, 0.15) is 5.82 Å². The van der Waals surface area contributed by atoms with Gasteiger partial charge in [0, 0.05) is 37.4 Å². The van der Waals surface area contributed by atoms with Crippen molar-refractivity contribution < 1.29 is 14.3 Å². The Morgan fingerprint density at radius 3 is 2.61 bits per heavy atom. The lowest BCUT2D eigenvalue weighted by molar-refractivity contribution is -0.137. The zero-order valence-electron chi connectivity index (χ0n) is 18.9. The predicted molar refractivity (Wildman–Crippen MR) is 122 cm³/mol. The number of hydrogen-bond donors (Lipinski definition) is 1. The van der Waals surface area contributed by atoms with Gasteiger partial charge in [-0.15, -0.1) is 0 Å². The molecule has 0 saturated carbocycles. The van der Waals surface area contributed by atoms with Crippen LogP contribution < -0.4 is 5.32 Å². The molecule has 0 bridgehead atoms. The SMILES string of the molecule is CCN(C(=O)CC(C)C)[C@@H]1CCO[C@H](c2ccc(C(=O)Nc3ncccc3C)cc2)C1. The highest BCUT2D eigenvalue weighted by Gasteiger charge is 2.30. The van der Waals surface area contributed by atoms with E-state index in [1.807, 2.05) is 55.1 Å². The largest absolute Gasteiger partial charge is 0.373 e. The molecule has 2 atom stereocenters. The number of amides is 2. The average molecular weight is 424 g/mol. The minimum absolute atomic E-state index is 0.0743. The van der Waals surface area contributed by atoms with Gasteiger partial charge in [-0.3, -0.25) is 9.59 Å². The van der Waals surface area contributed by atoms with Crippen LogP contribution in [0.2, 0.25) is 0 Å². The van der Waals surface area contributed by atoms with Gasteiger partial charge in [0.2, 0.25) is 5.91 Å². The van der Waals surface area contributed by atoms with Crippen LogP contribution in [-0.4, -0.2) is 40.9 Å². The standard InChI is InChI=1S/C25H33N3O3/c1-5-28(23(29)15-17(2)3)21-12-14-31-22(16-21)19-8-10-20(11-9-19)25(30)27-24-18(4)7-6-13-26-24/h6-11,13,17,21-22H,5,12,14-16H2,1-4H3,(H,26,27,30)/t21-,22+/m1/s1. The lowest BCUT2D eigenvalue weighted by atomic mass is 9.95. The maximum absolute atomic E-state index is 12.7. The number of carbonyl (C=O) groups excluding carboxylic acids is 2. The molecule has 1 aromatic heterocycles. The topological polar surface area (TPSA) is 71.5 Å². The highest BCUT2D eigenvalue weighted by Crippen LogP contribution is 2.31. The second-order valence-corrected chi connectivity index (χ2v) is 8.56. The molecule has 166 valence electrons. The normalized spacial score (nSPS) is 18.6. The first-order valence-corrected chi connectivity index (χ1v) is 11.1. The Morgan fingerprint density at radius 2 is 1.97 bits per heavy atom. The molecular formula is C25H33N3O3. The van der Waals surface area contributed by atoms with Crippen molar-refractivity contribution >= 4 is 17.6 Å². The monoisotopic (exact) mass is 423 g/mol. The lowest BCUT2D eigenvalue weighted by Crippen LogP contribution is -2.44. The summed E-state index contributed by atoms with van der Waals surface area (Å²) in [7, 11) is 0. The van der Waals surface area contributed by atoms with Crippen molar-refractivity contribution in [2.45, 2.75) is 59.1 Å². The van der Waals surface area contributed by atoms with Gasteiger partial charge in [0.25, 0.3) is 5.91 Å². The molecule has 1 aliphatic rings. The Kier molecular flexibility index (Phi) is 7.80. The van der Waals surface area contributed by atoms with Gasteiger partial charge in [-0.2, -0.15) is 0 Å². The summed E-state index contributed by atoms with van der Waals surface area (Å²) >= 11 is 0. The molecule has 2 heterocycles. The minimum atomic E-state index is -0.188. The Labute approximate surface area is 185 Å². The summed E-state index contributed by atoms with van der Waals surface area (Å²) in [4.78, 5) is 31.4. The molecule has 1 aromatic carbocycles. The van der Waals surface area contributed by atoms with Crippen molar-refractivity contribution in [2.75, 3.05) is 18.5 Å². The average Bonchev–Trinajstić information content (AvgIpc) is 2.76. The first kappa shape index (κ1) is 22.9. The van der Waals surface area contributed by atoms with Crippen molar-refractivity contribution in [2.24, 2.45) is 5.92 Å². The van der Waals surface area contributed by atoms with E-state index in [9.17, 15) is 9.59 Å². The van der Waals surface area contributed by atoms with Gasteiger partial charge in [-0.05, 0) is 61.9 Å². The first-order chi connectivity index (χ1) is 14.9. The second kappa shape index (κ2) is 10.5. The molecule has 1 fully saturated rings. The van der Waals surface area contributed by atoms with E-state index < -0.39 is 0 Å². The van der Waals surface area contributed by atoms with Crippen molar-refractivity contribution in [3.05, 3.63) is 59.3 Å². The summed E-state index contributed by atoms with van der Waals surface area (Å²) in [6, 6.07) is 11.5. The molecule has 6 nitrogen and oxygen atoms in total. The third kappa shape index (κ3) is 5.91. The van der Waals surface area contributed by atoms with Crippen LogP contribution >= 0.6 is 0 Å². The third-order valence-corrected chi connectivity index (χ3v) is 5.73. The maximum atomic E-state index is 12.7. The van der Waals surface area contributed by atoms with Crippen molar-refractivity contribution in [3.63, 3.8) is 0 Å². The number of benzene rings is 1. The Balaban J connectivity index is 1.65. The van der Waals surface area contributed by atoms with Crippen LogP contribution in [0.25, 0.3) is 0 Å². The van der Waals surface area contributed by atoms with Gasteiger partial charge in [0.05, 0.1) is 6.10 Å². The van der Waals surface area contributed by atoms with Crippen molar-refractivity contribution in [1.82, 2.24) is 9.88 Å². The first-order valence-electron chi connectivity index (χ1n) is 11.1. The fourth-order valence-electron chi connectivity index (χ4n) is 4.04. The zero-order chi connectivity index (χ0) is 22.4. The Bertz CT molecular complexity index is 895. The summed E-state index contributed by atoms with van der Waals surface area (Å²) in [6.45, 7) is 9.45. The van der Waals surface area contributed by atoms with Gasteiger partial charge in [-0.25, -0.2) is 4.98 Å². The maximum Gasteiger partial charge on any atom is 0.256 e. The summed E-state index contributed by atoms with van der Waals surface area (Å²) in [5, 5.41) is 2.86. The molecule has 0 radical (unpaired) electrons. The number of pyridine rings is 1. The van der Waals surface area contributed by atoms with Gasteiger partial charge >= 0.3 is 0 Å². The molecule has 1 N–H and O–H groups in total. The fourth-order valence-corrected chi connectivity index (χ4v) is 4.04. The quantitative estimate of drug-likeness (QED) is 0.697. The Morgan fingerprint density at radius 1 is 1.23 bits per heavy atom. The van der Waals surface area contributed by atoms with Crippen LogP contribution in [0.5, 0.6) is 0 Å². The number of carbonyl (C=O) groups is 2. The molecule has 0 unspecified atom stereocenters. The molecule has 3 rings (SSSR count). The van der Waals surface area contributed by atoms with E-state index in [1.165, 1.54) is 0 Å². The van der Waals surface area contributed by atoms with E-state index in [2.05, 4.69) is 24.1 Å². The molecular weight excluding hydrogens is 390 g/mol. The molecule has 2 amide bonds. The van der Waals surface area contributed by atoms with E-state index in [0.717, 1.165) is 30.5 Å². The summed E-state index contributed by atoms with van der Waals surface area (Å²) < 4.78 is 6.01. The molecule has 31 heavy (non-hydrogen) atoms. The number of anilines is 1. The third-order valence-electron chi connectivity index (χ3n) is 5.73. The second-order valence-electron chi connectivity index (χ2n) is 8.56. The molecule has 1 saturated heterocycles. The predicted octanol–water partition coefficient (Wildman–Crippen LogP) is 4.76. The molecule has 1 aliphatic heterocycles. The van der Waals surface area contributed by atoms with Gasteiger partial charge < -0.3 is 15.0 Å². The number of rotatable bonds is 7. The van der Waals surface area contributed by atoms with Crippen molar-refractivity contribution in [1.29, 1.82) is 0 Å². The fraction of sp³-hybridized carbons (Fsp3) is 0.480. The summed E-state index contributed by atoms with van der Waals surface area (Å²) in [6.07, 6.45) is 3.80. The van der Waals surface area contributed by atoms with Crippen LogP contribution in [0.3, 0.4) is 0 Å². The van der Waals surface area contributed by atoms with E-state index in [1.54, 1.807) is 6.20 Å². The smallest absolute Gasteiger partial charge is 0.256 e. The highest BCUT2D eigenvalue weighted by molar-refractivity contribution is 6.04. The lowest BCUT2D eigenvalue weighted by Gasteiger charge is -2.37. The summed E-state index contributed by atoms with van der Waals surface area (Å²) in [5.74, 6) is 0.957. The number of ether oxygens (including phenoxy) is 1. The van der Waals surface area contributed by atoms with E-state index in [4.69, 9.17) is 4.74 Å². The van der Waals surface area contributed by atoms with Gasteiger partial charge in [0.15, 0.2) is 0 Å². The number of nitrogens with one attached hydrogen (secondary N) is 1. The van der Waals surface area contributed by atoms with Gasteiger partial charge in [-0.1, -0.05) is 32.0 Å². The molecule has 0 aliphatic carbocycles. The number of aryl methyl sites for hydroxylation is 1. The highest BCUT2D eigenvalue weighted by atomic mass is 16.5. The molecule has 2 aromatic rings. The van der Waals surface area contributed by atoms with Crippen LogP contribution in [0.15, 0.2) is 42.6 Å². The van der Waals surface area contributed by atoms with E-state index in [0.29, 0.717) is 30.3 Å². The van der Waals surface area contributed by atoms with Crippen LogP contribution in [0, 0.1) is 12.8 Å². The molecule has 6 heteroatoms. The molecule has 0 spiro atoms. The van der Waals surface area contributed by atoms with E-state index in [-0.39, 0.29) is 24.0 Å². The zero-order valence-corrected chi connectivity index (χ0v) is 18.9. The Hall–Kier alpha value is -2.73. The van der Waals surface area contributed by atoms with Crippen LogP contribution in [-0.2, 0) is 9.53 Å². The van der Waals surface area contributed by atoms with Crippen LogP contribution in [0.4, 0.5) is 5.82 Å². The number of aromatic nitrogens is 1. The summed E-state index contributed by atoms with van der Waals surface area (Å²) in [5.41, 5.74) is 2.52. The van der Waals surface area contributed by atoms with Crippen LogP contribution in [0.1, 0.15) is 67.6 Å².